The van der Waals surface area contributed by atoms with Crippen LogP contribution in [0.5, 0.6) is 11.5 Å². The molecule has 0 bridgehead atoms. The van der Waals surface area contributed by atoms with E-state index >= 15 is 4.39 Å². The fourth-order valence-electron chi connectivity index (χ4n) is 6.31. The molecule has 1 amide bonds. The Morgan fingerprint density at radius 1 is 0.981 bits per heavy atom. The van der Waals surface area contributed by atoms with E-state index in [-0.39, 0.29) is 29.6 Å². The van der Waals surface area contributed by atoms with E-state index < -0.39 is 23.5 Å². The molecule has 1 saturated heterocycles. The Bertz CT molecular complexity index is 2080. The van der Waals surface area contributed by atoms with Gasteiger partial charge >= 0.3 is 12.1 Å². The van der Waals surface area contributed by atoms with Gasteiger partial charge in [0.1, 0.15) is 23.6 Å². The van der Waals surface area contributed by atoms with Crippen molar-refractivity contribution in [2.75, 3.05) is 25.1 Å². The van der Waals surface area contributed by atoms with Gasteiger partial charge in [0, 0.05) is 37.3 Å². The van der Waals surface area contributed by atoms with Gasteiger partial charge < -0.3 is 29.5 Å². The van der Waals surface area contributed by atoms with Crippen molar-refractivity contribution in [1.29, 1.82) is 10.5 Å². The summed E-state index contributed by atoms with van der Waals surface area (Å²) < 4.78 is 26.0. The van der Waals surface area contributed by atoms with Gasteiger partial charge in [0.25, 0.3) is 0 Å². The SMILES string of the molecule is COc1ccc(-c2ccc(N3CCC(N(Cc4ccc(/C=C/C(=O)O)cc4)C(=O)OC(C)(C)C)CC3)c(C#N)c2-c2ccc(C#N)c(F)c2)cc1O. The number of carboxylic acid groups (broad SMARTS) is 1. The first kappa shape index (κ1) is 36.9. The number of aliphatic carboxylic acids is 1. The van der Waals surface area contributed by atoms with Gasteiger partial charge in [-0.05, 0) is 97.8 Å². The molecule has 1 heterocycles. The number of hydrogen-bond acceptors (Lipinski definition) is 8. The highest BCUT2D eigenvalue weighted by Crippen LogP contribution is 2.42. The van der Waals surface area contributed by atoms with Crippen molar-refractivity contribution in [2.24, 2.45) is 0 Å². The summed E-state index contributed by atoms with van der Waals surface area (Å²) in [7, 11) is 1.44. The number of anilines is 1. The Balaban J connectivity index is 1.47. The number of ether oxygens (including phenoxy) is 2. The second-order valence-corrected chi connectivity index (χ2v) is 13.4. The van der Waals surface area contributed by atoms with Crippen LogP contribution < -0.4 is 9.64 Å². The van der Waals surface area contributed by atoms with Gasteiger partial charge in [-0.2, -0.15) is 10.5 Å². The smallest absolute Gasteiger partial charge is 0.410 e. The van der Waals surface area contributed by atoms with Crippen LogP contribution >= 0.6 is 0 Å². The molecule has 5 rings (SSSR count). The molecule has 0 aliphatic carbocycles. The summed E-state index contributed by atoms with van der Waals surface area (Å²) in [5.74, 6) is -1.57. The zero-order chi connectivity index (χ0) is 37.6. The Morgan fingerprint density at radius 3 is 2.25 bits per heavy atom. The minimum atomic E-state index is -1.04. The van der Waals surface area contributed by atoms with Gasteiger partial charge in [-0.25, -0.2) is 14.0 Å². The van der Waals surface area contributed by atoms with Crippen molar-refractivity contribution in [3.63, 3.8) is 0 Å². The average Bonchev–Trinajstić information content (AvgIpc) is 3.12. The third-order valence-electron chi connectivity index (χ3n) is 8.79. The van der Waals surface area contributed by atoms with E-state index in [9.17, 15) is 25.2 Å². The summed E-state index contributed by atoms with van der Waals surface area (Å²) in [6.45, 7) is 6.72. The number of phenols is 1. The highest BCUT2D eigenvalue weighted by atomic mass is 19.1. The molecular formula is C41H39FN4O6. The topological polar surface area (TPSA) is 147 Å². The number of piperidine rings is 1. The first-order valence-corrected chi connectivity index (χ1v) is 16.7. The summed E-state index contributed by atoms with van der Waals surface area (Å²) in [4.78, 5) is 28.3. The Kier molecular flexibility index (Phi) is 11.1. The maximum Gasteiger partial charge on any atom is 0.410 e. The zero-order valence-electron chi connectivity index (χ0n) is 29.4. The van der Waals surface area contributed by atoms with Crippen LogP contribution in [0.15, 0.2) is 78.9 Å². The number of rotatable bonds is 9. The van der Waals surface area contributed by atoms with E-state index in [0.29, 0.717) is 59.4 Å². The highest BCUT2D eigenvalue weighted by Gasteiger charge is 2.32. The Labute approximate surface area is 302 Å². The molecule has 0 aromatic heterocycles. The van der Waals surface area contributed by atoms with E-state index in [1.54, 1.807) is 35.2 Å². The molecular weight excluding hydrogens is 663 g/mol. The third-order valence-corrected chi connectivity index (χ3v) is 8.79. The number of aromatic hydroxyl groups is 1. The van der Waals surface area contributed by atoms with Crippen molar-refractivity contribution in [3.8, 4) is 45.9 Å². The van der Waals surface area contributed by atoms with Crippen LogP contribution in [-0.4, -0.2) is 59.0 Å². The monoisotopic (exact) mass is 702 g/mol. The third kappa shape index (κ3) is 8.51. The lowest BCUT2D eigenvalue weighted by atomic mass is 9.88. The van der Waals surface area contributed by atoms with Crippen LogP contribution in [0.1, 0.15) is 55.9 Å². The second kappa shape index (κ2) is 15.7. The standard InChI is InChI=1S/C41H39FN4O6/c1-41(2,3)52-40(50)46(25-27-7-5-26(6-8-27)9-16-38(48)49)31-17-19-45(20-18-31)35-14-13-32(28-12-15-37(51-4)36(47)22-28)39(33(35)24-44)29-10-11-30(23-43)34(42)21-29/h5-16,21-22,31,47H,17-20,25H2,1-4H3,(H,48,49)/b16-9+. The molecule has 1 aliphatic heterocycles. The number of nitriles is 2. The molecule has 52 heavy (non-hydrogen) atoms. The van der Waals surface area contributed by atoms with Crippen LogP contribution in [0.4, 0.5) is 14.9 Å². The van der Waals surface area contributed by atoms with E-state index in [1.165, 1.54) is 31.4 Å². The van der Waals surface area contributed by atoms with Gasteiger partial charge in [-0.3, -0.25) is 0 Å². The zero-order valence-corrected chi connectivity index (χ0v) is 29.4. The van der Waals surface area contributed by atoms with Crippen molar-refractivity contribution in [3.05, 3.63) is 107 Å². The average molecular weight is 703 g/mol. The number of hydrogen-bond donors (Lipinski definition) is 2. The van der Waals surface area contributed by atoms with Gasteiger partial charge in [0.2, 0.25) is 0 Å². The summed E-state index contributed by atoms with van der Waals surface area (Å²) in [6.07, 6.45) is 3.25. The number of carbonyl (C=O) groups is 2. The van der Waals surface area contributed by atoms with E-state index in [1.807, 2.05) is 51.1 Å². The van der Waals surface area contributed by atoms with Crippen molar-refractivity contribution in [2.45, 2.75) is 51.8 Å². The first-order valence-electron chi connectivity index (χ1n) is 16.7. The Morgan fingerprint density at radius 2 is 1.67 bits per heavy atom. The lowest BCUT2D eigenvalue weighted by molar-refractivity contribution is -0.131. The minimum Gasteiger partial charge on any atom is -0.504 e. The molecule has 0 radical (unpaired) electrons. The predicted molar refractivity (Wildman–Crippen MR) is 195 cm³/mol. The number of carbonyl (C=O) groups excluding carboxylic acids is 1. The van der Waals surface area contributed by atoms with Crippen LogP contribution in [-0.2, 0) is 16.1 Å². The highest BCUT2D eigenvalue weighted by molar-refractivity contribution is 5.92. The van der Waals surface area contributed by atoms with Gasteiger partial charge in [-0.1, -0.05) is 42.5 Å². The molecule has 4 aromatic carbocycles. The fraction of sp³-hybridized carbons (Fsp3) is 0.268. The summed E-state index contributed by atoms with van der Waals surface area (Å²) in [5, 5.41) is 39.5. The van der Waals surface area contributed by atoms with Crippen LogP contribution in [0.2, 0.25) is 0 Å². The lowest BCUT2D eigenvalue weighted by Crippen LogP contribution is -2.48. The fourth-order valence-corrected chi connectivity index (χ4v) is 6.31. The molecule has 2 N–H and O–H groups in total. The Hall–Kier alpha value is -6.33. The van der Waals surface area contributed by atoms with Crippen molar-refractivity contribution >= 4 is 23.8 Å². The molecule has 11 heteroatoms. The van der Waals surface area contributed by atoms with Crippen molar-refractivity contribution < 1.29 is 33.7 Å². The second-order valence-electron chi connectivity index (χ2n) is 13.4. The molecule has 1 fully saturated rings. The van der Waals surface area contributed by atoms with Crippen LogP contribution in [0.3, 0.4) is 0 Å². The maximum absolute atomic E-state index is 15.0. The number of amides is 1. The largest absolute Gasteiger partial charge is 0.504 e. The molecule has 1 aliphatic rings. The van der Waals surface area contributed by atoms with E-state index in [0.717, 1.165) is 17.2 Å². The normalized spacial score (nSPS) is 13.3. The van der Waals surface area contributed by atoms with Gasteiger partial charge in [-0.15, -0.1) is 0 Å². The van der Waals surface area contributed by atoms with Crippen LogP contribution in [0, 0.1) is 28.5 Å². The molecule has 0 unspecified atom stereocenters. The quantitative estimate of drug-likeness (QED) is 0.165. The molecule has 10 nitrogen and oxygen atoms in total. The van der Waals surface area contributed by atoms with Crippen molar-refractivity contribution in [1.82, 2.24) is 4.90 Å². The first-order chi connectivity index (χ1) is 24.8. The number of benzene rings is 4. The number of phenolic OH excluding ortho intramolecular Hbond substituents is 1. The number of nitrogens with zero attached hydrogens (tertiary/aromatic N) is 4. The number of carboxylic acids is 1. The van der Waals surface area contributed by atoms with Gasteiger partial charge in [0.05, 0.1) is 23.9 Å². The summed E-state index contributed by atoms with van der Waals surface area (Å²) >= 11 is 0. The predicted octanol–water partition coefficient (Wildman–Crippen LogP) is 8.12. The summed E-state index contributed by atoms with van der Waals surface area (Å²) in [6, 6.07) is 24.1. The molecule has 0 saturated carbocycles. The molecule has 0 atom stereocenters. The summed E-state index contributed by atoms with van der Waals surface area (Å²) in [5.41, 5.74) is 3.69. The number of methoxy groups -OCH3 is 1. The number of halogens is 1. The molecule has 266 valence electrons. The van der Waals surface area contributed by atoms with Gasteiger partial charge in [0.15, 0.2) is 11.5 Å². The van der Waals surface area contributed by atoms with Crippen LogP contribution in [0.25, 0.3) is 28.3 Å². The van der Waals surface area contributed by atoms with E-state index in [4.69, 9.17) is 14.6 Å². The lowest BCUT2D eigenvalue weighted by Gasteiger charge is -2.40. The van der Waals surface area contributed by atoms with E-state index in [2.05, 4.69) is 11.0 Å². The maximum atomic E-state index is 15.0. The molecule has 0 spiro atoms. The minimum absolute atomic E-state index is 0.0953. The molecule has 4 aromatic rings.